The molecule has 0 aliphatic heterocycles. The minimum Gasteiger partial charge on any atom is -0.354 e. The quantitative estimate of drug-likeness (QED) is 0.368. The summed E-state index contributed by atoms with van der Waals surface area (Å²) in [5.41, 5.74) is 1.95. The first-order valence-corrected chi connectivity index (χ1v) is 7.94. The lowest BCUT2D eigenvalue weighted by molar-refractivity contribution is 0.833. The lowest BCUT2D eigenvalue weighted by atomic mass is 10.1. The van der Waals surface area contributed by atoms with E-state index in [4.69, 9.17) is 17.0 Å². The lowest BCUT2D eigenvalue weighted by Crippen LogP contribution is -2.32. The van der Waals surface area contributed by atoms with E-state index in [9.17, 15) is 0 Å². The highest BCUT2D eigenvalue weighted by Crippen LogP contribution is 2.23. The van der Waals surface area contributed by atoms with E-state index in [1.165, 1.54) is 0 Å². The molecule has 3 nitrogen and oxygen atoms in total. The van der Waals surface area contributed by atoms with Crippen molar-refractivity contribution < 1.29 is 0 Å². The van der Waals surface area contributed by atoms with Gasteiger partial charge in [0, 0.05) is 17.6 Å². The van der Waals surface area contributed by atoms with Crippen molar-refractivity contribution in [2.75, 3.05) is 11.9 Å². The molecule has 0 aliphatic rings. The van der Waals surface area contributed by atoms with Gasteiger partial charge in [0.25, 0.3) is 0 Å². The Balaban J connectivity index is 1.63. The van der Waals surface area contributed by atoms with Crippen LogP contribution in [0.15, 0.2) is 72.8 Å². The molecule has 1 atom stereocenters. The van der Waals surface area contributed by atoms with E-state index in [1.54, 1.807) is 0 Å². The fraction of sp³-hybridized carbons (Fsp3) is 0.105. The molecule has 0 bridgehead atoms. The third-order valence-corrected chi connectivity index (χ3v) is 4.07. The molecule has 116 valence electrons. The number of hydrogen-bond acceptors (Lipinski definition) is 1. The molecule has 3 aromatic rings. The third-order valence-electron chi connectivity index (χ3n) is 3.67. The summed E-state index contributed by atoms with van der Waals surface area (Å²) in [6.45, 7) is 0.488. The van der Waals surface area contributed by atoms with Crippen molar-refractivity contribution in [3.63, 3.8) is 0 Å². The van der Waals surface area contributed by atoms with Gasteiger partial charge in [-0.15, -0.1) is 11.6 Å². The van der Waals surface area contributed by atoms with Gasteiger partial charge in [0.15, 0.2) is 5.96 Å². The zero-order valence-corrected chi connectivity index (χ0v) is 13.3. The molecule has 3 aromatic carbocycles. The van der Waals surface area contributed by atoms with Gasteiger partial charge in [0.2, 0.25) is 0 Å². The second-order valence-electron chi connectivity index (χ2n) is 5.29. The van der Waals surface area contributed by atoms with Gasteiger partial charge in [-0.3, -0.25) is 5.41 Å². The molecule has 1 unspecified atom stereocenters. The zero-order chi connectivity index (χ0) is 16.1. The van der Waals surface area contributed by atoms with E-state index in [1.807, 2.05) is 60.7 Å². The largest absolute Gasteiger partial charge is 0.354 e. The molecule has 4 heteroatoms. The Hall–Kier alpha value is -2.52. The Morgan fingerprint density at radius 2 is 1.61 bits per heavy atom. The lowest BCUT2D eigenvalue weighted by Gasteiger charge is -2.15. The van der Waals surface area contributed by atoms with Gasteiger partial charge in [0.1, 0.15) is 0 Å². The average molecular weight is 324 g/mol. The van der Waals surface area contributed by atoms with Gasteiger partial charge >= 0.3 is 0 Å². The van der Waals surface area contributed by atoms with Crippen LogP contribution >= 0.6 is 11.6 Å². The second-order valence-corrected chi connectivity index (χ2v) is 5.81. The maximum Gasteiger partial charge on any atom is 0.192 e. The maximum absolute atomic E-state index is 8.08. The van der Waals surface area contributed by atoms with E-state index in [0.717, 1.165) is 22.0 Å². The van der Waals surface area contributed by atoms with Gasteiger partial charge in [-0.2, -0.15) is 0 Å². The Labute approximate surface area is 140 Å². The highest BCUT2D eigenvalue weighted by atomic mass is 35.5. The van der Waals surface area contributed by atoms with Gasteiger partial charge in [0.05, 0.1) is 5.38 Å². The summed E-state index contributed by atoms with van der Waals surface area (Å²) in [5.74, 6) is 0.239. The Kier molecular flexibility index (Phi) is 4.79. The number of benzene rings is 3. The predicted octanol–water partition coefficient (Wildman–Crippen LogP) is 4.76. The number of alkyl halides is 1. The number of anilines is 1. The number of halogens is 1. The summed E-state index contributed by atoms with van der Waals surface area (Å²) >= 11 is 6.36. The molecule has 0 aliphatic carbocycles. The van der Waals surface area contributed by atoms with Crippen molar-refractivity contribution in [3.8, 4) is 0 Å². The van der Waals surface area contributed by atoms with E-state index in [0.29, 0.717) is 6.54 Å². The fourth-order valence-electron chi connectivity index (χ4n) is 2.48. The van der Waals surface area contributed by atoms with Gasteiger partial charge in [-0.05, 0) is 17.0 Å². The van der Waals surface area contributed by atoms with E-state index < -0.39 is 0 Å². The first-order valence-electron chi connectivity index (χ1n) is 7.50. The van der Waals surface area contributed by atoms with Crippen LogP contribution in [0.1, 0.15) is 10.9 Å². The maximum atomic E-state index is 8.08. The Morgan fingerprint density at radius 3 is 2.43 bits per heavy atom. The zero-order valence-electron chi connectivity index (χ0n) is 12.6. The average Bonchev–Trinajstić information content (AvgIpc) is 2.61. The molecule has 0 aromatic heterocycles. The van der Waals surface area contributed by atoms with Crippen LogP contribution in [0.4, 0.5) is 5.69 Å². The molecule has 0 radical (unpaired) electrons. The summed E-state index contributed by atoms with van der Waals surface area (Å²) < 4.78 is 0. The minimum absolute atomic E-state index is 0.175. The highest BCUT2D eigenvalue weighted by molar-refractivity contribution is 6.21. The molecule has 3 N–H and O–H groups in total. The van der Waals surface area contributed by atoms with E-state index >= 15 is 0 Å². The molecular weight excluding hydrogens is 306 g/mol. The summed E-state index contributed by atoms with van der Waals surface area (Å²) in [6.07, 6.45) is 0. The highest BCUT2D eigenvalue weighted by Gasteiger charge is 2.08. The fourth-order valence-corrected chi connectivity index (χ4v) is 2.71. The number of hydrogen-bond donors (Lipinski definition) is 3. The van der Waals surface area contributed by atoms with Gasteiger partial charge < -0.3 is 10.6 Å². The molecule has 23 heavy (non-hydrogen) atoms. The molecule has 3 rings (SSSR count). The van der Waals surface area contributed by atoms with Crippen LogP contribution in [0.3, 0.4) is 0 Å². The van der Waals surface area contributed by atoms with Crippen molar-refractivity contribution in [1.29, 1.82) is 5.41 Å². The standard InChI is InChI=1S/C19H18ClN3/c20-17(15-8-2-1-3-9-15)13-22-19(21)23-18-12-6-10-14-7-4-5-11-16(14)18/h1-12,17H,13H2,(H3,21,22,23). The molecule has 0 heterocycles. The van der Waals surface area contributed by atoms with Crippen molar-refractivity contribution in [1.82, 2.24) is 5.32 Å². The smallest absolute Gasteiger partial charge is 0.192 e. The monoisotopic (exact) mass is 323 g/mol. The number of nitrogens with one attached hydrogen (secondary N) is 3. The summed E-state index contributed by atoms with van der Waals surface area (Å²) in [6, 6.07) is 24.0. The van der Waals surface area contributed by atoms with Crippen LogP contribution < -0.4 is 10.6 Å². The first kappa shape index (κ1) is 15.4. The summed E-state index contributed by atoms with van der Waals surface area (Å²) in [5, 5.41) is 16.3. The Bertz CT molecular complexity index is 797. The predicted molar refractivity (Wildman–Crippen MR) is 98.3 cm³/mol. The van der Waals surface area contributed by atoms with Crippen molar-refractivity contribution in [3.05, 3.63) is 78.4 Å². The molecular formula is C19H18ClN3. The minimum atomic E-state index is -0.175. The normalized spacial score (nSPS) is 11.9. The molecule has 0 fully saturated rings. The van der Waals surface area contributed by atoms with E-state index in [-0.39, 0.29) is 11.3 Å². The number of fused-ring (bicyclic) bond motifs is 1. The molecule has 0 saturated carbocycles. The number of rotatable bonds is 4. The molecule has 0 saturated heterocycles. The SMILES string of the molecule is N=C(NCC(Cl)c1ccccc1)Nc1cccc2ccccc12. The van der Waals surface area contributed by atoms with Crippen LogP contribution in [0.2, 0.25) is 0 Å². The van der Waals surface area contributed by atoms with Crippen LogP contribution in [-0.2, 0) is 0 Å². The van der Waals surface area contributed by atoms with Crippen LogP contribution in [0, 0.1) is 5.41 Å². The van der Waals surface area contributed by atoms with Crippen LogP contribution in [-0.4, -0.2) is 12.5 Å². The van der Waals surface area contributed by atoms with Gasteiger partial charge in [-0.1, -0.05) is 66.7 Å². The summed E-state index contributed by atoms with van der Waals surface area (Å²) in [7, 11) is 0. The van der Waals surface area contributed by atoms with Crippen LogP contribution in [0.25, 0.3) is 10.8 Å². The van der Waals surface area contributed by atoms with Crippen molar-refractivity contribution in [2.24, 2.45) is 0 Å². The third kappa shape index (κ3) is 3.82. The van der Waals surface area contributed by atoms with Crippen LogP contribution in [0.5, 0.6) is 0 Å². The number of guanidine groups is 1. The van der Waals surface area contributed by atoms with Gasteiger partial charge in [-0.25, -0.2) is 0 Å². The summed E-state index contributed by atoms with van der Waals surface area (Å²) in [4.78, 5) is 0. The molecule has 0 spiro atoms. The van der Waals surface area contributed by atoms with Crippen molar-refractivity contribution in [2.45, 2.75) is 5.38 Å². The topological polar surface area (TPSA) is 47.9 Å². The first-order chi connectivity index (χ1) is 11.2. The Morgan fingerprint density at radius 1 is 0.913 bits per heavy atom. The second kappa shape index (κ2) is 7.16. The van der Waals surface area contributed by atoms with E-state index in [2.05, 4.69) is 22.8 Å². The molecule has 0 amide bonds. The van der Waals surface area contributed by atoms with Crippen molar-refractivity contribution >= 4 is 34.0 Å².